The lowest BCUT2D eigenvalue weighted by Gasteiger charge is -2.07. The Morgan fingerprint density at radius 3 is 2.81 bits per heavy atom. The number of halogens is 2. The molecule has 0 spiro atoms. The Hall–Kier alpha value is -1.37. The van der Waals surface area contributed by atoms with Crippen LogP contribution in [0, 0.1) is 12.3 Å². The number of hydrogen-bond acceptors (Lipinski definition) is 3. The van der Waals surface area contributed by atoms with E-state index >= 15 is 0 Å². The number of benzene rings is 1. The van der Waals surface area contributed by atoms with Gasteiger partial charge in [-0.3, -0.25) is 0 Å². The molecule has 0 unspecified atom stereocenters. The van der Waals surface area contributed by atoms with Crippen molar-refractivity contribution >= 4 is 29.1 Å². The average molecular weight is 258 g/mol. The minimum absolute atomic E-state index is 0.0845. The van der Waals surface area contributed by atoms with Crippen molar-refractivity contribution in [2.45, 2.75) is 0 Å². The summed E-state index contributed by atoms with van der Waals surface area (Å²) in [5.41, 5.74) is 0.572. The van der Waals surface area contributed by atoms with Gasteiger partial charge in [0.2, 0.25) is 0 Å². The van der Waals surface area contributed by atoms with E-state index in [1.54, 1.807) is 18.2 Å². The van der Waals surface area contributed by atoms with Gasteiger partial charge in [-0.2, -0.15) is 0 Å². The van der Waals surface area contributed by atoms with E-state index in [4.69, 9.17) is 34.4 Å². The highest BCUT2D eigenvalue weighted by Crippen LogP contribution is 2.22. The average Bonchev–Trinajstić information content (AvgIpc) is 2.25. The summed E-state index contributed by atoms with van der Waals surface area (Å²) in [7, 11) is 1.41. The maximum absolute atomic E-state index is 5.99. The molecule has 0 atom stereocenters. The lowest BCUT2D eigenvalue weighted by Crippen LogP contribution is -2.08. The first-order valence-electron chi connectivity index (χ1n) is 4.32. The molecule has 0 radical (unpaired) electrons. The Balaban J connectivity index is 3.02. The van der Waals surface area contributed by atoms with E-state index in [1.165, 1.54) is 7.11 Å². The van der Waals surface area contributed by atoms with Crippen molar-refractivity contribution in [1.82, 2.24) is 0 Å². The van der Waals surface area contributed by atoms with Crippen LogP contribution in [0.25, 0.3) is 0 Å². The number of terminal acetylenes is 1. The topological polar surface area (TPSA) is 30.8 Å². The van der Waals surface area contributed by atoms with Crippen LogP contribution in [0.1, 0.15) is 5.56 Å². The van der Waals surface area contributed by atoms with Gasteiger partial charge in [0.15, 0.2) is 6.61 Å². The molecule has 1 aromatic rings. The van der Waals surface area contributed by atoms with Crippen LogP contribution >= 0.6 is 23.2 Å². The molecule has 16 heavy (non-hydrogen) atoms. The molecule has 1 rings (SSSR count). The van der Waals surface area contributed by atoms with Crippen LogP contribution in [0.3, 0.4) is 0 Å². The van der Waals surface area contributed by atoms with Crippen molar-refractivity contribution in [2.24, 2.45) is 5.16 Å². The van der Waals surface area contributed by atoms with Crippen LogP contribution < -0.4 is 0 Å². The maximum atomic E-state index is 5.99. The first kappa shape index (κ1) is 12.7. The Bertz CT molecular complexity index is 438. The molecule has 0 saturated carbocycles. The molecule has 0 N–H and O–H groups in total. The summed E-state index contributed by atoms with van der Waals surface area (Å²) in [5.74, 6) is 2.55. The van der Waals surface area contributed by atoms with E-state index in [0.717, 1.165) is 0 Å². The van der Waals surface area contributed by atoms with E-state index in [9.17, 15) is 0 Å². The van der Waals surface area contributed by atoms with Gasteiger partial charge in [0.05, 0.1) is 10.6 Å². The van der Waals surface area contributed by atoms with E-state index < -0.39 is 0 Å². The maximum Gasteiger partial charge on any atom is 0.260 e. The largest absolute Gasteiger partial charge is 0.462 e. The highest BCUT2D eigenvalue weighted by molar-refractivity contribution is 6.36. The normalized spacial score (nSPS) is 10.8. The lowest BCUT2D eigenvalue weighted by molar-refractivity contribution is 0.196. The number of nitrogens with zero attached hydrogens (tertiary/aromatic N) is 1. The summed E-state index contributed by atoms with van der Waals surface area (Å²) in [6.07, 6.45) is 5.09. The predicted molar refractivity (Wildman–Crippen MR) is 64.8 cm³/mol. The Kier molecular flexibility index (Phi) is 4.97. The second-order valence-electron chi connectivity index (χ2n) is 2.70. The zero-order valence-corrected chi connectivity index (χ0v) is 10.0. The Labute approximate surface area is 104 Å². The van der Waals surface area contributed by atoms with E-state index in [0.29, 0.717) is 15.6 Å². The van der Waals surface area contributed by atoms with Crippen molar-refractivity contribution in [3.63, 3.8) is 0 Å². The quantitative estimate of drug-likeness (QED) is 0.361. The van der Waals surface area contributed by atoms with Crippen molar-refractivity contribution in [2.75, 3.05) is 13.7 Å². The predicted octanol–water partition coefficient (Wildman–Crippen LogP) is 2.95. The number of oxime groups is 1. The molecule has 0 saturated heterocycles. The molecule has 0 amide bonds. The molecule has 0 fully saturated rings. The van der Waals surface area contributed by atoms with Crippen LogP contribution in [-0.2, 0) is 9.57 Å². The summed E-state index contributed by atoms with van der Waals surface area (Å²) in [5, 5.41) is 4.64. The van der Waals surface area contributed by atoms with Crippen molar-refractivity contribution < 1.29 is 9.57 Å². The fourth-order valence-corrected chi connectivity index (χ4v) is 1.50. The van der Waals surface area contributed by atoms with Crippen molar-refractivity contribution in [3.8, 4) is 12.3 Å². The van der Waals surface area contributed by atoms with E-state index in [-0.39, 0.29) is 12.5 Å². The standard InChI is InChI=1S/C11H9Cl2NO2/c1-3-6-16-11(14-15-2)9-5-4-8(12)7-10(9)13/h1,4-5,7H,6H2,2H3. The molecule has 1 aromatic carbocycles. The van der Waals surface area contributed by atoms with Gasteiger partial charge in [0, 0.05) is 5.02 Å². The molecule has 0 aliphatic rings. The van der Waals surface area contributed by atoms with Crippen molar-refractivity contribution in [3.05, 3.63) is 33.8 Å². The second-order valence-corrected chi connectivity index (χ2v) is 3.54. The molecule has 0 aromatic heterocycles. The van der Waals surface area contributed by atoms with Gasteiger partial charge in [-0.1, -0.05) is 29.1 Å². The number of hydrogen-bond donors (Lipinski definition) is 0. The van der Waals surface area contributed by atoms with Crippen molar-refractivity contribution in [1.29, 1.82) is 0 Å². The second kappa shape index (κ2) is 6.26. The summed E-state index contributed by atoms with van der Waals surface area (Å²) < 4.78 is 5.20. The van der Waals surface area contributed by atoms with Gasteiger partial charge in [-0.05, 0) is 23.4 Å². The third-order valence-electron chi connectivity index (χ3n) is 1.63. The highest BCUT2D eigenvalue weighted by Gasteiger charge is 2.10. The number of ether oxygens (including phenoxy) is 1. The fourth-order valence-electron chi connectivity index (χ4n) is 1.01. The third kappa shape index (κ3) is 3.34. The van der Waals surface area contributed by atoms with Gasteiger partial charge < -0.3 is 9.57 Å². The molecule has 0 bridgehead atoms. The zero-order valence-electron chi connectivity index (χ0n) is 8.54. The minimum Gasteiger partial charge on any atom is -0.462 e. The molecule has 0 aliphatic heterocycles. The molecule has 3 nitrogen and oxygen atoms in total. The van der Waals surface area contributed by atoms with Gasteiger partial charge in [0.1, 0.15) is 7.11 Å². The van der Waals surface area contributed by atoms with Crippen LogP contribution in [0.5, 0.6) is 0 Å². The Morgan fingerprint density at radius 2 is 2.25 bits per heavy atom. The SMILES string of the molecule is C#CCOC(=NOC)c1ccc(Cl)cc1Cl. The van der Waals surface area contributed by atoms with E-state index in [1.807, 2.05) is 0 Å². The smallest absolute Gasteiger partial charge is 0.260 e. The molecule has 84 valence electrons. The van der Waals surface area contributed by atoms with Crippen LogP contribution in [0.4, 0.5) is 0 Å². The summed E-state index contributed by atoms with van der Waals surface area (Å²) in [6.45, 7) is 0.0845. The zero-order chi connectivity index (χ0) is 12.0. The molecule has 5 heteroatoms. The highest BCUT2D eigenvalue weighted by atomic mass is 35.5. The van der Waals surface area contributed by atoms with Gasteiger partial charge >= 0.3 is 0 Å². The third-order valence-corrected chi connectivity index (χ3v) is 2.18. The number of rotatable bonds is 3. The first-order chi connectivity index (χ1) is 7.69. The van der Waals surface area contributed by atoms with Gasteiger partial charge in [0.25, 0.3) is 5.90 Å². The molecular formula is C11H9Cl2NO2. The fraction of sp³-hybridized carbons (Fsp3) is 0.182. The van der Waals surface area contributed by atoms with E-state index in [2.05, 4.69) is 15.9 Å². The monoisotopic (exact) mass is 257 g/mol. The van der Waals surface area contributed by atoms with Gasteiger partial charge in [-0.15, -0.1) is 6.42 Å². The van der Waals surface area contributed by atoms with Crippen LogP contribution in [0.2, 0.25) is 10.0 Å². The van der Waals surface area contributed by atoms with Crippen LogP contribution in [0.15, 0.2) is 23.4 Å². The molecule has 0 aliphatic carbocycles. The summed E-state index contributed by atoms with van der Waals surface area (Å²) >= 11 is 11.8. The van der Waals surface area contributed by atoms with Gasteiger partial charge in [-0.25, -0.2) is 0 Å². The molecule has 0 heterocycles. The Morgan fingerprint density at radius 1 is 1.50 bits per heavy atom. The van der Waals surface area contributed by atoms with Crippen LogP contribution in [-0.4, -0.2) is 19.6 Å². The minimum atomic E-state index is 0.0845. The summed E-state index contributed by atoms with van der Waals surface area (Å²) in [4.78, 5) is 4.64. The first-order valence-corrected chi connectivity index (χ1v) is 5.07. The molecular weight excluding hydrogens is 249 g/mol. The summed E-state index contributed by atoms with van der Waals surface area (Å²) in [6, 6.07) is 4.94. The lowest BCUT2D eigenvalue weighted by atomic mass is 10.2.